The lowest BCUT2D eigenvalue weighted by molar-refractivity contribution is -0.143. The number of ether oxygens (including phenoxy) is 1. The smallest absolute Gasteiger partial charge is 0.431 e. The van der Waals surface area contributed by atoms with Gasteiger partial charge in [0.15, 0.2) is 0 Å². The van der Waals surface area contributed by atoms with Crippen LogP contribution in [-0.2, 0) is 16.1 Å². The van der Waals surface area contributed by atoms with Crippen LogP contribution < -0.4 is 16.2 Å². The van der Waals surface area contributed by atoms with Gasteiger partial charge in [-0.1, -0.05) is 6.07 Å². The Bertz CT molecular complexity index is 1370. The lowest BCUT2D eigenvalue weighted by Gasteiger charge is -2.17. The second-order valence-electron chi connectivity index (χ2n) is 7.38. The van der Waals surface area contributed by atoms with Gasteiger partial charge in [-0.15, -0.1) is 5.71 Å². The molecule has 10 nitrogen and oxygen atoms in total. The fourth-order valence-electron chi connectivity index (χ4n) is 2.94. The van der Waals surface area contributed by atoms with E-state index < -0.39 is 35.0 Å². The predicted molar refractivity (Wildman–Crippen MR) is 129 cm³/mol. The van der Waals surface area contributed by atoms with Gasteiger partial charge in [0, 0.05) is 24.7 Å². The molecule has 0 saturated carbocycles. The first kappa shape index (κ1) is 26.8. The summed E-state index contributed by atoms with van der Waals surface area (Å²) in [5, 5.41) is 14.6. The van der Waals surface area contributed by atoms with Crippen LogP contribution >= 0.6 is 0 Å². The first-order valence-corrected chi connectivity index (χ1v) is 10.7. The molecule has 192 valence electrons. The minimum absolute atomic E-state index is 0.0148. The molecule has 0 fully saturated rings. The molecule has 0 saturated heterocycles. The number of carbonyl (C=O) groups excluding carboxylic acids is 2. The molecular formula is C24H20F3N6O4-. The van der Waals surface area contributed by atoms with E-state index in [4.69, 9.17) is 4.74 Å². The highest BCUT2D eigenvalue weighted by Gasteiger charge is 2.33. The molecule has 0 aromatic carbocycles. The van der Waals surface area contributed by atoms with Gasteiger partial charge in [-0.05, 0) is 42.8 Å². The van der Waals surface area contributed by atoms with Crippen LogP contribution in [0.4, 0.5) is 24.7 Å². The Morgan fingerprint density at radius 1 is 1.11 bits per heavy atom. The van der Waals surface area contributed by atoms with Gasteiger partial charge >= 0.3 is 12.1 Å². The predicted octanol–water partition coefficient (Wildman–Crippen LogP) is 3.37. The monoisotopic (exact) mass is 513 g/mol. The molecule has 3 aromatic rings. The highest BCUT2D eigenvalue weighted by Crippen LogP contribution is 2.27. The summed E-state index contributed by atoms with van der Waals surface area (Å²) in [7, 11) is 0. The number of carbonyl (C=O) groups is 2. The zero-order chi connectivity index (χ0) is 27.0. The molecule has 0 bridgehead atoms. The number of aromatic nitrogens is 3. The van der Waals surface area contributed by atoms with E-state index in [1.165, 1.54) is 48.9 Å². The summed E-state index contributed by atoms with van der Waals surface area (Å²) < 4.78 is 46.3. The maximum Gasteiger partial charge on any atom is 0.431 e. The minimum atomic E-state index is -4.82. The minimum Gasteiger partial charge on any atom is -0.803 e. The normalized spacial score (nSPS) is 11.5. The number of alkyl halides is 3. The number of rotatable bonds is 9. The van der Waals surface area contributed by atoms with Gasteiger partial charge in [0.25, 0.3) is 11.5 Å². The van der Waals surface area contributed by atoms with E-state index >= 15 is 0 Å². The van der Waals surface area contributed by atoms with Crippen molar-refractivity contribution in [3.8, 4) is 0 Å². The van der Waals surface area contributed by atoms with Gasteiger partial charge in [0.1, 0.15) is 18.1 Å². The number of hydrogen-bond acceptors (Lipinski definition) is 7. The fourth-order valence-corrected chi connectivity index (χ4v) is 2.94. The van der Waals surface area contributed by atoms with Crippen molar-refractivity contribution >= 4 is 29.1 Å². The Morgan fingerprint density at radius 3 is 2.51 bits per heavy atom. The van der Waals surface area contributed by atoms with Crippen molar-refractivity contribution in [2.24, 2.45) is 0 Å². The number of hydrogen-bond donors (Lipinski definition) is 2. The van der Waals surface area contributed by atoms with E-state index in [1.54, 1.807) is 6.92 Å². The van der Waals surface area contributed by atoms with E-state index in [0.29, 0.717) is 6.08 Å². The molecule has 0 radical (unpaired) electrons. The van der Waals surface area contributed by atoms with Crippen LogP contribution in [-0.4, -0.2) is 44.9 Å². The quantitative estimate of drug-likeness (QED) is 0.331. The van der Waals surface area contributed by atoms with Crippen LogP contribution in [0, 0.1) is 0 Å². The van der Waals surface area contributed by atoms with Crippen LogP contribution in [0.5, 0.6) is 0 Å². The van der Waals surface area contributed by atoms with Crippen LogP contribution in [0.3, 0.4) is 0 Å². The van der Waals surface area contributed by atoms with Crippen molar-refractivity contribution < 1.29 is 27.5 Å². The average Bonchev–Trinajstić information content (AvgIpc) is 2.86. The zero-order valence-corrected chi connectivity index (χ0v) is 19.3. The number of anilines is 2. The molecule has 0 atom stereocenters. The van der Waals surface area contributed by atoms with Gasteiger partial charge in [0.05, 0.1) is 24.1 Å². The van der Waals surface area contributed by atoms with Crippen LogP contribution in [0.25, 0.3) is 5.41 Å². The molecule has 0 aliphatic heterocycles. The molecule has 3 heterocycles. The van der Waals surface area contributed by atoms with E-state index in [0.717, 1.165) is 16.8 Å². The standard InChI is InChI=1S/C24H20F3N6O4/c1-2-37-22(35)14-33-13-16(5-8-21(33)34)23(36)32-20-7-6-17(12-30-20)31-19(24(25,26)27)10-18(28)15-4-3-9-29-11-15/h3-13,31H,2,14H2,1H3,(H,30,32,36)/q-1/b19-10-. The van der Waals surface area contributed by atoms with Gasteiger partial charge < -0.3 is 25.3 Å². The van der Waals surface area contributed by atoms with Crippen LogP contribution in [0.2, 0.25) is 0 Å². The Kier molecular flexibility index (Phi) is 8.51. The van der Waals surface area contributed by atoms with Gasteiger partial charge in [-0.3, -0.25) is 19.4 Å². The first-order valence-electron chi connectivity index (χ1n) is 10.7. The Morgan fingerprint density at radius 2 is 1.89 bits per heavy atom. The van der Waals surface area contributed by atoms with Gasteiger partial charge in [0.2, 0.25) is 0 Å². The number of halogens is 3. The lowest BCUT2D eigenvalue weighted by Crippen LogP contribution is -2.26. The molecule has 37 heavy (non-hydrogen) atoms. The zero-order valence-electron chi connectivity index (χ0n) is 19.3. The van der Waals surface area contributed by atoms with Crippen molar-refractivity contribution in [1.82, 2.24) is 14.5 Å². The Labute approximate surface area is 208 Å². The molecule has 13 heteroatoms. The van der Waals surface area contributed by atoms with E-state index in [9.17, 15) is 33.0 Å². The summed E-state index contributed by atoms with van der Waals surface area (Å²) in [6.07, 6.45) is 0.555. The first-order chi connectivity index (χ1) is 17.6. The van der Waals surface area contributed by atoms with E-state index in [2.05, 4.69) is 20.6 Å². The van der Waals surface area contributed by atoms with E-state index in [1.807, 2.05) is 0 Å². The number of allylic oxidation sites excluding steroid dienone is 2. The summed E-state index contributed by atoms with van der Waals surface area (Å²) in [6, 6.07) is 7.72. The van der Waals surface area contributed by atoms with Crippen molar-refractivity contribution in [3.05, 3.63) is 99.8 Å². The third-order valence-electron chi connectivity index (χ3n) is 4.68. The highest BCUT2D eigenvalue weighted by molar-refractivity contribution is 6.11. The summed E-state index contributed by atoms with van der Waals surface area (Å²) in [4.78, 5) is 43.8. The maximum absolute atomic E-state index is 13.5. The molecule has 0 unspecified atom stereocenters. The molecule has 3 aromatic heterocycles. The number of nitrogens with one attached hydrogen (secondary N) is 2. The molecular weight excluding hydrogens is 493 g/mol. The molecule has 0 spiro atoms. The molecule has 2 N–H and O–H groups in total. The van der Waals surface area contributed by atoms with Crippen molar-refractivity contribution in [2.45, 2.75) is 19.6 Å². The van der Waals surface area contributed by atoms with Crippen molar-refractivity contribution in [3.63, 3.8) is 0 Å². The number of pyridine rings is 3. The lowest BCUT2D eigenvalue weighted by atomic mass is 10.1. The summed E-state index contributed by atoms with van der Waals surface area (Å²) in [5.41, 5.74) is -2.35. The van der Waals surface area contributed by atoms with Gasteiger partial charge in [-0.25, -0.2) is 4.98 Å². The Balaban J connectivity index is 1.71. The second kappa shape index (κ2) is 11.7. The third kappa shape index (κ3) is 7.59. The van der Waals surface area contributed by atoms with Crippen molar-refractivity contribution in [2.75, 3.05) is 17.2 Å². The summed E-state index contributed by atoms with van der Waals surface area (Å²) >= 11 is 0. The number of amides is 1. The second-order valence-corrected chi connectivity index (χ2v) is 7.38. The summed E-state index contributed by atoms with van der Waals surface area (Å²) in [6.45, 7) is 1.37. The molecule has 0 aliphatic carbocycles. The van der Waals surface area contributed by atoms with Crippen molar-refractivity contribution in [1.29, 1.82) is 0 Å². The fraction of sp³-hybridized carbons (Fsp3) is 0.167. The van der Waals surface area contributed by atoms with E-state index in [-0.39, 0.29) is 35.8 Å². The third-order valence-corrected chi connectivity index (χ3v) is 4.68. The highest BCUT2D eigenvalue weighted by atomic mass is 19.4. The SMILES string of the molecule is CCOC(=O)Cn1cc(C(=O)Nc2ccc(N/C(=C\C(=[N-])c3cccnc3)C(F)(F)F)cn2)ccc1=O. The number of nitrogens with zero attached hydrogens (tertiary/aromatic N) is 4. The molecule has 1 amide bonds. The molecule has 3 rings (SSSR count). The van der Waals surface area contributed by atoms with Crippen LogP contribution in [0.15, 0.2) is 77.8 Å². The Hall–Kier alpha value is -4.81. The van der Waals surface area contributed by atoms with Gasteiger partial charge in [-0.2, -0.15) is 13.2 Å². The topological polar surface area (TPSA) is 138 Å². The molecule has 0 aliphatic rings. The maximum atomic E-state index is 13.5. The van der Waals surface area contributed by atoms with Crippen LogP contribution in [0.1, 0.15) is 22.8 Å². The average molecular weight is 513 g/mol. The number of esters is 1. The largest absolute Gasteiger partial charge is 0.803 e. The summed E-state index contributed by atoms with van der Waals surface area (Å²) in [5.74, 6) is -1.30.